The fourth-order valence-corrected chi connectivity index (χ4v) is 1.88. The molecule has 22 heavy (non-hydrogen) atoms. The Morgan fingerprint density at radius 2 is 1.36 bits per heavy atom. The van der Waals surface area contributed by atoms with Crippen LogP contribution >= 0.6 is 11.6 Å². The first-order chi connectivity index (χ1) is 10.7. The standard InChI is InChI=1S/C17H15ClO4/c18-11-15(22-17(20)14-9-5-2-6-10-14)12-21-16(19)13-7-3-1-4-8-13/h1-10,15H,11-12H2. The van der Waals surface area contributed by atoms with Crippen molar-refractivity contribution in [1.29, 1.82) is 0 Å². The molecular weight excluding hydrogens is 304 g/mol. The lowest BCUT2D eigenvalue weighted by molar-refractivity contribution is 0.00536. The van der Waals surface area contributed by atoms with Gasteiger partial charge in [-0.25, -0.2) is 9.59 Å². The van der Waals surface area contributed by atoms with Crippen LogP contribution in [0, 0.1) is 0 Å². The molecule has 0 saturated carbocycles. The average Bonchev–Trinajstić information content (AvgIpc) is 2.59. The maximum Gasteiger partial charge on any atom is 0.338 e. The van der Waals surface area contributed by atoms with Gasteiger partial charge in [0.15, 0.2) is 0 Å². The van der Waals surface area contributed by atoms with Crippen molar-refractivity contribution in [3.05, 3.63) is 71.8 Å². The van der Waals surface area contributed by atoms with E-state index in [4.69, 9.17) is 21.1 Å². The van der Waals surface area contributed by atoms with Gasteiger partial charge in [0.2, 0.25) is 0 Å². The van der Waals surface area contributed by atoms with Crippen molar-refractivity contribution in [2.75, 3.05) is 12.5 Å². The first-order valence-corrected chi connectivity index (χ1v) is 7.28. The van der Waals surface area contributed by atoms with Gasteiger partial charge in [-0.05, 0) is 24.3 Å². The lowest BCUT2D eigenvalue weighted by Crippen LogP contribution is -2.26. The summed E-state index contributed by atoms with van der Waals surface area (Å²) < 4.78 is 10.3. The molecule has 2 aromatic rings. The van der Waals surface area contributed by atoms with Crippen LogP contribution in [0.1, 0.15) is 20.7 Å². The highest BCUT2D eigenvalue weighted by atomic mass is 35.5. The van der Waals surface area contributed by atoms with Crippen LogP contribution < -0.4 is 0 Å². The van der Waals surface area contributed by atoms with Crippen molar-refractivity contribution < 1.29 is 19.1 Å². The average molecular weight is 319 g/mol. The monoisotopic (exact) mass is 318 g/mol. The predicted octanol–water partition coefficient (Wildman–Crippen LogP) is 3.31. The Balaban J connectivity index is 1.87. The maximum atomic E-state index is 11.9. The Bertz CT molecular complexity index is 613. The van der Waals surface area contributed by atoms with E-state index >= 15 is 0 Å². The summed E-state index contributed by atoms with van der Waals surface area (Å²) in [4.78, 5) is 23.7. The molecule has 0 aromatic heterocycles. The molecule has 0 aliphatic carbocycles. The molecule has 0 saturated heterocycles. The number of hydrogen-bond acceptors (Lipinski definition) is 4. The lowest BCUT2D eigenvalue weighted by Gasteiger charge is -2.15. The second-order valence-electron chi connectivity index (χ2n) is 4.51. The highest BCUT2D eigenvalue weighted by molar-refractivity contribution is 6.18. The molecule has 0 fully saturated rings. The molecule has 114 valence electrons. The highest BCUT2D eigenvalue weighted by Crippen LogP contribution is 2.07. The minimum absolute atomic E-state index is 0.0423. The van der Waals surface area contributed by atoms with E-state index in [-0.39, 0.29) is 12.5 Å². The fraction of sp³-hybridized carbons (Fsp3) is 0.176. The number of halogens is 1. The van der Waals surface area contributed by atoms with E-state index in [0.29, 0.717) is 11.1 Å². The summed E-state index contributed by atoms with van der Waals surface area (Å²) in [6.45, 7) is -0.0875. The van der Waals surface area contributed by atoms with Crippen LogP contribution in [0.5, 0.6) is 0 Å². The third-order valence-corrected chi connectivity index (χ3v) is 3.21. The van der Waals surface area contributed by atoms with Gasteiger partial charge in [0.05, 0.1) is 17.0 Å². The zero-order valence-corrected chi connectivity index (χ0v) is 12.5. The quantitative estimate of drug-likeness (QED) is 0.605. The van der Waals surface area contributed by atoms with Crippen LogP contribution in [0.4, 0.5) is 0 Å². The first-order valence-electron chi connectivity index (χ1n) is 6.75. The van der Waals surface area contributed by atoms with Crippen LogP contribution in [0.15, 0.2) is 60.7 Å². The van der Waals surface area contributed by atoms with Gasteiger partial charge in [0, 0.05) is 0 Å². The van der Waals surface area contributed by atoms with Crippen molar-refractivity contribution in [2.24, 2.45) is 0 Å². The first kappa shape index (κ1) is 16.0. The second-order valence-corrected chi connectivity index (χ2v) is 4.82. The van der Waals surface area contributed by atoms with Gasteiger partial charge < -0.3 is 9.47 Å². The zero-order chi connectivity index (χ0) is 15.8. The Labute approximate surface area is 133 Å². The number of rotatable bonds is 6. The number of hydrogen-bond donors (Lipinski definition) is 0. The van der Waals surface area contributed by atoms with E-state index in [2.05, 4.69) is 0 Å². The number of carbonyl (C=O) groups excluding carboxylic acids is 2. The molecular formula is C17H15ClO4. The summed E-state index contributed by atoms with van der Waals surface area (Å²) in [5.74, 6) is -0.936. The molecule has 1 unspecified atom stereocenters. The summed E-state index contributed by atoms with van der Waals surface area (Å²) in [7, 11) is 0. The lowest BCUT2D eigenvalue weighted by atomic mass is 10.2. The van der Waals surface area contributed by atoms with Crippen molar-refractivity contribution in [1.82, 2.24) is 0 Å². The summed E-state index contributed by atoms with van der Waals surface area (Å²) in [6.07, 6.45) is -0.693. The van der Waals surface area contributed by atoms with Crippen LogP contribution in [0.25, 0.3) is 0 Å². The maximum absolute atomic E-state index is 11.9. The summed E-state index contributed by atoms with van der Waals surface area (Å²) >= 11 is 5.76. The fourth-order valence-electron chi connectivity index (χ4n) is 1.73. The second kappa shape index (κ2) is 8.20. The topological polar surface area (TPSA) is 52.6 Å². The Morgan fingerprint density at radius 1 is 0.864 bits per heavy atom. The molecule has 4 nitrogen and oxygen atoms in total. The molecule has 0 aliphatic heterocycles. The number of carbonyl (C=O) groups is 2. The SMILES string of the molecule is O=C(OCC(CCl)OC(=O)c1ccccc1)c1ccccc1. The molecule has 0 radical (unpaired) electrons. The van der Waals surface area contributed by atoms with E-state index in [1.54, 1.807) is 60.7 Å². The Hall–Kier alpha value is -2.33. The smallest absolute Gasteiger partial charge is 0.338 e. The van der Waals surface area contributed by atoms with E-state index < -0.39 is 18.0 Å². The summed E-state index contributed by atoms with van der Waals surface area (Å²) in [6, 6.07) is 17.1. The van der Waals surface area contributed by atoms with Gasteiger partial charge in [-0.1, -0.05) is 36.4 Å². The highest BCUT2D eigenvalue weighted by Gasteiger charge is 2.17. The van der Waals surface area contributed by atoms with Gasteiger partial charge >= 0.3 is 11.9 Å². The van der Waals surface area contributed by atoms with Crippen LogP contribution in [-0.4, -0.2) is 30.5 Å². The third-order valence-electron chi connectivity index (χ3n) is 2.87. The zero-order valence-electron chi connectivity index (χ0n) is 11.8. The molecule has 2 rings (SSSR count). The number of esters is 2. The van der Waals surface area contributed by atoms with Crippen molar-refractivity contribution in [3.63, 3.8) is 0 Å². The van der Waals surface area contributed by atoms with Crippen molar-refractivity contribution in [2.45, 2.75) is 6.10 Å². The molecule has 2 aromatic carbocycles. The molecule has 0 amide bonds. The molecule has 0 bridgehead atoms. The normalized spacial score (nSPS) is 11.5. The van der Waals surface area contributed by atoms with E-state index in [1.807, 2.05) is 0 Å². The van der Waals surface area contributed by atoms with Crippen LogP contribution in [0.2, 0.25) is 0 Å². The molecule has 0 heterocycles. The van der Waals surface area contributed by atoms with Gasteiger partial charge in [0.1, 0.15) is 12.7 Å². The van der Waals surface area contributed by atoms with Crippen LogP contribution in [0.3, 0.4) is 0 Å². The van der Waals surface area contributed by atoms with Gasteiger partial charge in [-0.2, -0.15) is 0 Å². The summed E-state index contributed by atoms with van der Waals surface area (Å²) in [5.41, 5.74) is 0.859. The minimum atomic E-state index is -0.693. The van der Waals surface area contributed by atoms with E-state index in [1.165, 1.54) is 0 Å². The van der Waals surface area contributed by atoms with Crippen LogP contribution in [-0.2, 0) is 9.47 Å². The molecule has 5 heteroatoms. The predicted molar refractivity (Wildman–Crippen MR) is 83.1 cm³/mol. The molecule has 0 spiro atoms. The van der Waals surface area contributed by atoms with E-state index in [9.17, 15) is 9.59 Å². The molecule has 0 aliphatic rings. The van der Waals surface area contributed by atoms with E-state index in [0.717, 1.165) is 0 Å². The van der Waals surface area contributed by atoms with Crippen molar-refractivity contribution >= 4 is 23.5 Å². The Morgan fingerprint density at radius 3 is 1.86 bits per heavy atom. The van der Waals surface area contributed by atoms with Gasteiger partial charge in [-0.3, -0.25) is 0 Å². The number of ether oxygens (including phenoxy) is 2. The minimum Gasteiger partial charge on any atom is -0.458 e. The Kier molecular flexibility index (Phi) is 5.98. The van der Waals surface area contributed by atoms with Crippen molar-refractivity contribution in [3.8, 4) is 0 Å². The molecule has 1 atom stereocenters. The number of benzene rings is 2. The largest absolute Gasteiger partial charge is 0.458 e. The van der Waals surface area contributed by atoms with Gasteiger partial charge in [-0.15, -0.1) is 11.6 Å². The third kappa shape index (κ3) is 4.60. The summed E-state index contributed by atoms with van der Waals surface area (Å²) in [5, 5.41) is 0. The number of alkyl halides is 1. The molecule has 0 N–H and O–H groups in total. The van der Waals surface area contributed by atoms with Gasteiger partial charge in [0.25, 0.3) is 0 Å².